The second-order valence-corrected chi connectivity index (χ2v) is 3.53. The number of aromatic nitrogens is 2. The van der Waals surface area contributed by atoms with Gasteiger partial charge >= 0.3 is 0 Å². The first-order valence-electron chi connectivity index (χ1n) is 5.30. The van der Waals surface area contributed by atoms with Crippen LogP contribution in [0.4, 0.5) is 0 Å². The molecule has 0 fully saturated rings. The Morgan fingerprint density at radius 2 is 2.33 bits per heavy atom. The van der Waals surface area contributed by atoms with Gasteiger partial charge in [0.1, 0.15) is 6.61 Å². The number of rotatable bonds is 7. The second-order valence-electron chi connectivity index (χ2n) is 3.53. The molecule has 5 heteroatoms. The van der Waals surface area contributed by atoms with Gasteiger partial charge in [-0.15, -0.1) is 0 Å². The standard InChI is InChI=1S/C10H19N3O2/c1-4-11-8(2)5-6-10-12-9(7-14-3)13-15-10/h8,11H,4-7H2,1-3H3. The zero-order valence-corrected chi connectivity index (χ0v) is 9.62. The molecule has 1 unspecified atom stereocenters. The van der Waals surface area contributed by atoms with Crippen molar-refractivity contribution in [1.82, 2.24) is 15.5 Å². The highest BCUT2D eigenvalue weighted by atomic mass is 16.5. The summed E-state index contributed by atoms with van der Waals surface area (Å²) in [6, 6.07) is 0.479. The molecule has 0 aromatic carbocycles. The summed E-state index contributed by atoms with van der Waals surface area (Å²) in [4.78, 5) is 4.20. The minimum Gasteiger partial charge on any atom is -0.377 e. The molecule has 1 heterocycles. The predicted molar refractivity (Wildman–Crippen MR) is 56.5 cm³/mol. The van der Waals surface area contributed by atoms with Crippen molar-refractivity contribution < 1.29 is 9.26 Å². The number of ether oxygens (including phenoxy) is 1. The Bertz CT molecular complexity index is 275. The summed E-state index contributed by atoms with van der Waals surface area (Å²) in [6.45, 7) is 5.64. The van der Waals surface area contributed by atoms with E-state index in [0.29, 0.717) is 24.4 Å². The summed E-state index contributed by atoms with van der Waals surface area (Å²) in [6.07, 6.45) is 1.81. The molecule has 1 rings (SSSR count). The number of aryl methyl sites for hydroxylation is 1. The molecule has 15 heavy (non-hydrogen) atoms. The molecule has 0 saturated heterocycles. The van der Waals surface area contributed by atoms with Gasteiger partial charge in [0.15, 0.2) is 5.82 Å². The van der Waals surface area contributed by atoms with E-state index in [0.717, 1.165) is 19.4 Å². The third-order valence-corrected chi connectivity index (χ3v) is 2.13. The zero-order chi connectivity index (χ0) is 11.1. The fourth-order valence-electron chi connectivity index (χ4n) is 1.37. The lowest BCUT2D eigenvalue weighted by Crippen LogP contribution is -2.25. The van der Waals surface area contributed by atoms with Gasteiger partial charge in [0, 0.05) is 19.6 Å². The lowest BCUT2D eigenvalue weighted by molar-refractivity contribution is 0.174. The summed E-state index contributed by atoms with van der Waals surface area (Å²) in [7, 11) is 1.61. The largest absolute Gasteiger partial charge is 0.377 e. The highest BCUT2D eigenvalue weighted by Crippen LogP contribution is 2.03. The van der Waals surface area contributed by atoms with Crippen LogP contribution < -0.4 is 5.32 Å². The SMILES string of the molecule is CCNC(C)CCc1nc(COC)no1. The molecule has 0 spiro atoms. The van der Waals surface area contributed by atoms with Gasteiger partial charge in [-0.25, -0.2) is 0 Å². The molecule has 0 aliphatic heterocycles. The van der Waals surface area contributed by atoms with Gasteiger partial charge < -0.3 is 14.6 Å². The Kier molecular flexibility index (Phi) is 5.28. The molecule has 0 amide bonds. The molecule has 0 aliphatic carbocycles. The van der Waals surface area contributed by atoms with Gasteiger partial charge in [-0.3, -0.25) is 0 Å². The Balaban J connectivity index is 2.30. The van der Waals surface area contributed by atoms with E-state index in [1.807, 2.05) is 0 Å². The molecule has 1 aromatic heterocycles. The molecule has 1 aromatic rings. The zero-order valence-electron chi connectivity index (χ0n) is 9.62. The average Bonchev–Trinajstić information content (AvgIpc) is 2.64. The van der Waals surface area contributed by atoms with E-state index in [9.17, 15) is 0 Å². The molecule has 0 radical (unpaired) electrons. The summed E-state index contributed by atoms with van der Waals surface area (Å²) >= 11 is 0. The van der Waals surface area contributed by atoms with Crippen LogP contribution in [0.1, 0.15) is 32.0 Å². The van der Waals surface area contributed by atoms with Crippen molar-refractivity contribution in [3.05, 3.63) is 11.7 Å². The third-order valence-electron chi connectivity index (χ3n) is 2.13. The monoisotopic (exact) mass is 213 g/mol. The van der Waals surface area contributed by atoms with Gasteiger partial charge in [-0.1, -0.05) is 12.1 Å². The summed E-state index contributed by atoms with van der Waals surface area (Å²) in [5.41, 5.74) is 0. The highest BCUT2D eigenvalue weighted by molar-refractivity contribution is 4.85. The third kappa shape index (κ3) is 4.40. The molecular weight excluding hydrogens is 194 g/mol. The van der Waals surface area contributed by atoms with Crippen LogP contribution in [0.25, 0.3) is 0 Å². The van der Waals surface area contributed by atoms with Crippen molar-refractivity contribution in [2.24, 2.45) is 0 Å². The summed E-state index contributed by atoms with van der Waals surface area (Å²) in [5.74, 6) is 1.30. The molecule has 1 N–H and O–H groups in total. The molecule has 1 atom stereocenters. The molecule has 0 saturated carbocycles. The van der Waals surface area contributed by atoms with Crippen molar-refractivity contribution in [1.29, 1.82) is 0 Å². The second kappa shape index (κ2) is 6.53. The van der Waals surface area contributed by atoms with Crippen molar-refractivity contribution in [3.63, 3.8) is 0 Å². The lowest BCUT2D eigenvalue weighted by Gasteiger charge is -2.09. The topological polar surface area (TPSA) is 60.2 Å². The van der Waals surface area contributed by atoms with Crippen LogP contribution in [-0.4, -0.2) is 29.8 Å². The van der Waals surface area contributed by atoms with Crippen LogP contribution >= 0.6 is 0 Å². The highest BCUT2D eigenvalue weighted by Gasteiger charge is 2.07. The maximum atomic E-state index is 5.08. The minimum absolute atomic E-state index is 0.409. The summed E-state index contributed by atoms with van der Waals surface area (Å²) < 4.78 is 9.98. The smallest absolute Gasteiger partial charge is 0.226 e. The van der Waals surface area contributed by atoms with E-state index in [-0.39, 0.29) is 0 Å². The van der Waals surface area contributed by atoms with E-state index in [1.165, 1.54) is 0 Å². The van der Waals surface area contributed by atoms with E-state index < -0.39 is 0 Å². The van der Waals surface area contributed by atoms with Crippen molar-refractivity contribution in [2.45, 2.75) is 39.3 Å². The van der Waals surface area contributed by atoms with Gasteiger partial charge in [0.2, 0.25) is 5.89 Å². The van der Waals surface area contributed by atoms with Crippen LogP contribution in [0, 0.1) is 0 Å². The first-order valence-corrected chi connectivity index (χ1v) is 5.30. The average molecular weight is 213 g/mol. The number of hydrogen-bond acceptors (Lipinski definition) is 5. The number of methoxy groups -OCH3 is 1. The molecular formula is C10H19N3O2. The number of nitrogens with zero attached hydrogens (tertiary/aromatic N) is 2. The van der Waals surface area contributed by atoms with Crippen molar-refractivity contribution >= 4 is 0 Å². The van der Waals surface area contributed by atoms with Crippen LogP contribution in [0.5, 0.6) is 0 Å². The van der Waals surface area contributed by atoms with Gasteiger partial charge in [0.05, 0.1) is 0 Å². The lowest BCUT2D eigenvalue weighted by atomic mass is 10.2. The van der Waals surface area contributed by atoms with Crippen LogP contribution in [-0.2, 0) is 17.8 Å². The molecule has 5 nitrogen and oxygen atoms in total. The Labute approximate surface area is 90.2 Å². The maximum absolute atomic E-state index is 5.08. The Morgan fingerprint density at radius 1 is 1.53 bits per heavy atom. The van der Waals surface area contributed by atoms with Crippen LogP contribution in [0.15, 0.2) is 4.52 Å². The number of hydrogen-bond donors (Lipinski definition) is 1. The van der Waals surface area contributed by atoms with E-state index >= 15 is 0 Å². The van der Waals surface area contributed by atoms with Crippen LogP contribution in [0.2, 0.25) is 0 Å². The van der Waals surface area contributed by atoms with Gasteiger partial charge in [0.25, 0.3) is 0 Å². The maximum Gasteiger partial charge on any atom is 0.226 e. The fourth-order valence-corrected chi connectivity index (χ4v) is 1.37. The van der Waals surface area contributed by atoms with E-state index in [2.05, 4.69) is 29.3 Å². The van der Waals surface area contributed by atoms with Gasteiger partial charge in [-0.2, -0.15) is 4.98 Å². The van der Waals surface area contributed by atoms with E-state index in [1.54, 1.807) is 7.11 Å². The van der Waals surface area contributed by atoms with Crippen molar-refractivity contribution in [2.75, 3.05) is 13.7 Å². The number of nitrogens with one attached hydrogen (secondary N) is 1. The predicted octanol–water partition coefficient (Wildman–Crippen LogP) is 1.15. The minimum atomic E-state index is 0.409. The van der Waals surface area contributed by atoms with Crippen LogP contribution in [0.3, 0.4) is 0 Å². The van der Waals surface area contributed by atoms with Crippen molar-refractivity contribution in [3.8, 4) is 0 Å². The van der Waals surface area contributed by atoms with E-state index in [4.69, 9.17) is 9.26 Å². The summed E-state index contributed by atoms with van der Waals surface area (Å²) in [5, 5.41) is 7.13. The molecule has 0 aliphatic rings. The quantitative estimate of drug-likeness (QED) is 0.736. The molecule has 0 bridgehead atoms. The Hall–Kier alpha value is -0.940. The van der Waals surface area contributed by atoms with Gasteiger partial charge in [-0.05, 0) is 19.9 Å². The molecule has 86 valence electrons. The first kappa shape index (κ1) is 12.1. The Morgan fingerprint density at radius 3 is 3.00 bits per heavy atom. The fraction of sp³-hybridized carbons (Fsp3) is 0.800. The first-order chi connectivity index (χ1) is 7.26. The normalized spacial score (nSPS) is 13.0.